The van der Waals surface area contributed by atoms with E-state index in [2.05, 4.69) is 15.5 Å². The molecular weight excluding hydrogens is 294 g/mol. The third-order valence-corrected chi connectivity index (χ3v) is 4.46. The number of hydrogen-bond acceptors (Lipinski definition) is 5. The van der Waals surface area contributed by atoms with Crippen molar-refractivity contribution in [2.75, 3.05) is 0 Å². The van der Waals surface area contributed by atoms with Gasteiger partial charge in [0.2, 0.25) is 5.91 Å². The Morgan fingerprint density at radius 1 is 1.43 bits per heavy atom. The van der Waals surface area contributed by atoms with E-state index in [0.717, 1.165) is 17.0 Å². The highest BCUT2D eigenvalue weighted by atomic mass is 16.5. The van der Waals surface area contributed by atoms with Gasteiger partial charge in [-0.25, -0.2) is 0 Å². The van der Waals surface area contributed by atoms with Crippen molar-refractivity contribution >= 4 is 5.91 Å². The topological polar surface area (TPSA) is 88.3 Å². The van der Waals surface area contributed by atoms with Crippen molar-refractivity contribution in [2.24, 2.45) is 5.92 Å². The second-order valence-electron chi connectivity index (χ2n) is 6.16. The number of aryl methyl sites for hydroxylation is 2. The lowest BCUT2D eigenvalue weighted by Crippen LogP contribution is -2.42. The number of carbonyl (C=O) groups excluding carboxylic acids is 1. The van der Waals surface area contributed by atoms with Crippen LogP contribution in [0.15, 0.2) is 28.9 Å². The number of amides is 1. The lowest BCUT2D eigenvalue weighted by molar-refractivity contribution is -0.122. The van der Waals surface area contributed by atoms with Gasteiger partial charge in [-0.1, -0.05) is 11.2 Å². The van der Waals surface area contributed by atoms with Crippen LogP contribution in [0.25, 0.3) is 0 Å². The van der Waals surface area contributed by atoms with E-state index in [1.54, 1.807) is 13.1 Å². The zero-order valence-electron chi connectivity index (χ0n) is 13.3. The summed E-state index contributed by atoms with van der Waals surface area (Å²) in [6.07, 6.45) is 3.06. The van der Waals surface area contributed by atoms with Crippen molar-refractivity contribution in [3.63, 3.8) is 0 Å². The molecule has 2 heterocycles. The number of aromatic nitrogens is 2. The first-order valence-corrected chi connectivity index (χ1v) is 7.84. The molecule has 0 aromatic carbocycles. The first-order chi connectivity index (χ1) is 11.0. The third kappa shape index (κ3) is 3.42. The molecule has 2 aromatic heterocycles. The van der Waals surface area contributed by atoms with Crippen LogP contribution in [0.5, 0.6) is 0 Å². The van der Waals surface area contributed by atoms with E-state index in [4.69, 9.17) is 4.52 Å². The minimum Gasteiger partial charge on any atom is -0.393 e. The van der Waals surface area contributed by atoms with E-state index >= 15 is 0 Å². The Morgan fingerprint density at radius 2 is 2.22 bits per heavy atom. The fourth-order valence-electron chi connectivity index (χ4n) is 3.03. The zero-order valence-corrected chi connectivity index (χ0v) is 13.3. The van der Waals surface area contributed by atoms with Crippen LogP contribution in [0.4, 0.5) is 0 Å². The second-order valence-corrected chi connectivity index (χ2v) is 6.16. The molecule has 0 aliphatic heterocycles. The molecule has 1 aliphatic rings. The van der Waals surface area contributed by atoms with Crippen LogP contribution in [-0.4, -0.2) is 27.3 Å². The van der Waals surface area contributed by atoms with Crippen LogP contribution in [-0.2, 0) is 11.2 Å². The normalized spacial score (nSPS) is 21.5. The highest BCUT2D eigenvalue weighted by Crippen LogP contribution is 2.37. The Morgan fingerprint density at radius 3 is 2.78 bits per heavy atom. The highest BCUT2D eigenvalue weighted by Gasteiger charge is 2.36. The Bertz CT molecular complexity index is 658. The number of nitrogens with zero attached hydrogens (tertiary/aromatic N) is 2. The summed E-state index contributed by atoms with van der Waals surface area (Å²) in [5.41, 5.74) is 2.40. The number of nitrogens with one attached hydrogen (secondary N) is 1. The summed E-state index contributed by atoms with van der Waals surface area (Å²) in [6, 6.07) is 5.49. The molecule has 1 aliphatic carbocycles. The molecule has 0 radical (unpaired) electrons. The first-order valence-electron chi connectivity index (χ1n) is 7.84. The molecule has 0 bridgehead atoms. The largest absolute Gasteiger partial charge is 0.393 e. The monoisotopic (exact) mass is 315 g/mol. The molecule has 6 nitrogen and oxygen atoms in total. The summed E-state index contributed by atoms with van der Waals surface area (Å²) in [7, 11) is 0. The summed E-state index contributed by atoms with van der Waals surface area (Å²) in [6.45, 7) is 3.64. The van der Waals surface area contributed by atoms with Gasteiger partial charge in [0.1, 0.15) is 5.76 Å². The van der Waals surface area contributed by atoms with Gasteiger partial charge < -0.3 is 14.9 Å². The molecule has 1 fully saturated rings. The number of carbonyl (C=O) groups is 1. The molecule has 0 spiro atoms. The molecule has 1 saturated carbocycles. The molecule has 1 atom stereocenters. The van der Waals surface area contributed by atoms with Gasteiger partial charge in [-0.05, 0) is 44.7 Å². The fraction of sp³-hybridized carbons (Fsp3) is 0.471. The van der Waals surface area contributed by atoms with Gasteiger partial charge in [0.25, 0.3) is 0 Å². The van der Waals surface area contributed by atoms with Crippen LogP contribution in [0, 0.1) is 19.8 Å². The number of pyridine rings is 1. The van der Waals surface area contributed by atoms with Crippen LogP contribution >= 0.6 is 0 Å². The smallest absolute Gasteiger partial charge is 0.225 e. The van der Waals surface area contributed by atoms with Crippen molar-refractivity contribution in [1.82, 2.24) is 15.5 Å². The molecule has 23 heavy (non-hydrogen) atoms. The van der Waals surface area contributed by atoms with Gasteiger partial charge in [-0.15, -0.1) is 0 Å². The first kappa shape index (κ1) is 15.7. The van der Waals surface area contributed by atoms with Crippen LogP contribution < -0.4 is 5.32 Å². The maximum absolute atomic E-state index is 12.5. The Labute approximate surface area is 134 Å². The van der Waals surface area contributed by atoms with Gasteiger partial charge in [0.15, 0.2) is 0 Å². The van der Waals surface area contributed by atoms with Gasteiger partial charge in [0.05, 0.1) is 30.0 Å². The zero-order chi connectivity index (χ0) is 16.4. The summed E-state index contributed by atoms with van der Waals surface area (Å²) in [5.74, 6) is 0.802. The lowest BCUT2D eigenvalue weighted by Gasteiger charge is -2.37. The molecule has 1 amide bonds. The van der Waals surface area contributed by atoms with Crippen molar-refractivity contribution in [1.29, 1.82) is 0 Å². The van der Waals surface area contributed by atoms with Gasteiger partial charge in [-0.3, -0.25) is 9.78 Å². The molecular formula is C17H21N3O3. The van der Waals surface area contributed by atoms with E-state index in [9.17, 15) is 9.90 Å². The Hall–Kier alpha value is -2.21. The SMILES string of the molecule is Cc1noc(C)c1CC(=O)N[C@H](c1ccccn1)C1CC(O)C1. The van der Waals surface area contributed by atoms with Crippen molar-refractivity contribution in [2.45, 2.75) is 45.3 Å². The van der Waals surface area contributed by atoms with Crippen LogP contribution in [0.1, 0.15) is 41.6 Å². The average Bonchev–Trinajstić information content (AvgIpc) is 2.83. The van der Waals surface area contributed by atoms with Gasteiger partial charge in [-0.2, -0.15) is 0 Å². The maximum atomic E-state index is 12.5. The average molecular weight is 315 g/mol. The summed E-state index contributed by atoms with van der Waals surface area (Å²) in [5, 5.41) is 16.5. The van der Waals surface area contributed by atoms with Crippen molar-refractivity contribution < 1.29 is 14.4 Å². The van der Waals surface area contributed by atoms with Crippen molar-refractivity contribution in [3.05, 3.63) is 47.1 Å². The number of aliphatic hydroxyl groups excluding tert-OH is 1. The van der Waals surface area contributed by atoms with Gasteiger partial charge >= 0.3 is 0 Å². The molecule has 6 heteroatoms. The number of hydrogen-bond donors (Lipinski definition) is 2. The standard InChI is InChI=1S/C17H21N3O3/c1-10-14(11(2)23-20-10)9-16(22)19-17(12-7-13(21)8-12)15-5-3-4-6-18-15/h3-6,12-13,17,21H,7-9H2,1-2H3,(H,19,22)/t12?,13?,17-/m0/s1. The van der Waals surface area contributed by atoms with E-state index in [1.807, 2.05) is 25.1 Å². The minimum atomic E-state index is -0.273. The van der Waals surface area contributed by atoms with E-state index < -0.39 is 0 Å². The molecule has 0 unspecified atom stereocenters. The molecule has 0 saturated heterocycles. The number of rotatable bonds is 5. The van der Waals surface area contributed by atoms with Crippen molar-refractivity contribution in [3.8, 4) is 0 Å². The quantitative estimate of drug-likeness (QED) is 0.879. The predicted octanol–water partition coefficient (Wildman–Crippen LogP) is 1.86. The fourth-order valence-corrected chi connectivity index (χ4v) is 3.03. The molecule has 2 aromatic rings. The predicted molar refractivity (Wildman–Crippen MR) is 83.5 cm³/mol. The Kier molecular flexibility index (Phi) is 4.43. The van der Waals surface area contributed by atoms with E-state index in [-0.39, 0.29) is 30.4 Å². The second kappa shape index (κ2) is 6.50. The molecule has 2 N–H and O–H groups in total. The Balaban J connectivity index is 1.72. The number of aliphatic hydroxyl groups is 1. The molecule has 3 rings (SSSR count). The highest BCUT2D eigenvalue weighted by molar-refractivity contribution is 5.79. The maximum Gasteiger partial charge on any atom is 0.225 e. The summed E-state index contributed by atoms with van der Waals surface area (Å²) in [4.78, 5) is 16.8. The minimum absolute atomic E-state index is 0.0866. The summed E-state index contributed by atoms with van der Waals surface area (Å²) < 4.78 is 5.10. The van der Waals surface area contributed by atoms with E-state index in [1.165, 1.54) is 0 Å². The van der Waals surface area contributed by atoms with Crippen LogP contribution in [0.2, 0.25) is 0 Å². The van der Waals surface area contributed by atoms with Crippen LogP contribution in [0.3, 0.4) is 0 Å². The third-order valence-electron chi connectivity index (χ3n) is 4.46. The van der Waals surface area contributed by atoms with Gasteiger partial charge in [0, 0.05) is 11.8 Å². The summed E-state index contributed by atoms with van der Waals surface area (Å²) >= 11 is 0. The lowest BCUT2D eigenvalue weighted by atomic mass is 9.76. The van der Waals surface area contributed by atoms with E-state index in [0.29, 0.717) is 18.6 Å². The molecule has 122 valence electrons.